The Hall–Kier alpha value is -3.38. The molecule has 6 heteroatoms. The van der Waals surface area contributed by atoms with Crippen LogP contribution in [-0.2, 0) is 19.3 Å². The molecule has 0 bridgehead atoms. The lowest BCUT2D eigenvalue weighted by molar-refractivity contribution is 0.160. The van der Waals surface area contributed by atoms with Crippen LogP contribution in [-0.4, -0.2) is 50.5 Å². The maximum atomic E-state index is 11.0. The molecule has 0 saturated carbocycles. The van der Waals surface area contributed by atoms with E-state index in [9.17, 15) is 5.11 Å². The molecular weight excluding hydrogens is 488 g/mol. The van der Waals surface area contributed by atoms with Gasteiger partial charge >= 0.3 is 0 Å². The predicted molar refractivity (Wildman–Crippen MR) is 157 cm³/mol. The molecule has 39 heavy (non-hydrogen) atoms. The molecule has 0 radical (unpaired) electrons. The number of nitrogens with zero attached hydrogens (tertiary/aromatic N) is 1. The topological polar surface area (TPSA) is 77.2 Å². The summed E-state index contributed by atoms with van der Waals surface area (Å²) in [4.78, 5) is 2.49. The third kappa shape index (κ3) is 5.96. The first-order valence-corrected chi connectivity index (χ1v) is 14.3. The van der Waals surface area contributed by atoms with Gasteiger partial charge in [-0.1, -0.05) is 25.1 Å². The summed E-state index contributed by atoms with van der Waals surface area (Å²) in [5.41, 5.74) is 13.5. The van der Waals surface area contributed by atoms with Crippen molar-refractivity contribution < 1.29 is 19.3 Å². The van der Waals surface area contributed by atoms with E-state index in [0.29, 0.717) is 30.2 Å². The van der Waals surface area contributed by atoms with Crippen LogP contribution in [0.25, 0.3) is 11.1 Å². The van der Waals surface area contributed by atoms with E-state index < -0.39 is 0 Å². The van der Waals surface area contributed by atoms with Gasteiger partial charge in [-0.15, -0.1) is 0 Å². The highest BCUT2D eigenvalue weighted by Crippen LogP contribution is 2.47. The van der Waals surface area contributed by atoms with E-state index in [1.807, 2.05) is 24.3 Å². The lowest BCUT2D eigenvalue weighted by Gasteiger charge is -2.29. The molecule has 0 spiro atoms. The second-order valence-electron chi connectivity index (χ2n) is 11.0. The number of benzene rings is 3. The zero-order chi connectivity index (χ0) is 27.4. The minimum Gasteiger partial charge on any atom is -0.507 e. The van der Waals surface area contributed by atoms with Crippen molar-refractivity contribution in [3.63, 3.8) is 0 Å². The monoisotopic (exact) mass is 530 g/mol. The SMILES string of the molecule is COc1cc(-c2c(O)ccc3c2CCCC3)c(N)c(Cc2ccc(OCCN3CCC(C)CC3)cc2)c1OC. The number of phenols is 1. The number of phenolic OH excluding ortho intramolecular Hbond substituents is 1. The predicted octanol–water partition coefficient (Wildman–Crippen LogP) is 6.24. The number of nitrogens with two attached hydrogens (primary N) is 1. The van der Waals surface area contributed by atoms with Gasteiger partial charge in [-0.2, -0.15) is 0 Å². The van der Waals surface area contributed by atoms with Gasteiger partial charge in [0, 0.05) is 35.3 Å². The number of ether oxygens (including phenoxy) is 3. The fraction of sp³-hybridized carbons (Fsp3) is 0.455. The quantitative estimate of drug-likeness (QED) is 0.319. The van der Waals surface area contributed by atoms with Crippen LogP contribution < -0.4 is 19.9 Å². The first-order valence-electron chi connectivity index (χ1n) is 14.3. The molecule has 1 saturated heterocycles. The molecule has 1 fully saturated rings. The van der Waals surface area contributed by atoms with Gasteiger partial charge in [0.05, 0.1) is 14.2 Å². The minimum atomic E-state index is 0.251. The molecule has 5 rings (SSSR count). The maximum absolute atomic E-state index is 11.0. The highest BCUT2D eigenvalue weighted by molar-refractivity contribution is 5.88. The fourth-order valence-corrected chi connectivity index (χ4v) is 6.07. The van der Waals surface area contributed by atoms with Crippen molar-refractivity contribution >= 4 is 5.69 Å². The summed E-state index contributed by atoms with van der Waals surface area (Å²) in [6.45, 7) is 6.32. The molecular formula is C33H42N2O4. The standard InChI is InChI=1S/C33H42N2O4/c1-22-14-16-35(17-15-22)18-19-39-25-11-8-23(9-12-25)20-28-32(34)27(21-30(37-2)33(28)38-3)31-26-7-5-4-6-24(26)10-13-29(31)36/h8-13,21-22,36H,4-7,14-20,34H2,1-3H3. The van der Waals surface area contributed by atoms with Gasteiger partial charge in [-0.25, -0.2) is 0 Å². The average molecular weight is 531 g/mol. The number of aromatic hydroxyl groups is 1. The highest BCUT2D eigenvalue weighted by atomic mass is 16.5. The van der Waals surface area contributed by atoms with Gasteiger partial charge in [-0.3, -0.25) is 4.90 Å². The summed E-state index contributed by atoms with van der Waals surface area (Å²) in [5.74, 6) is 3.19. The number of hydrogen-bond acceptors (Lipinski definition) is 6. The zero-order valence-corrected chi connectivity index (χ0v) is 23.6. The smallest absolute Gasteiger partial charge is 0.166 e. The molecule has 0 aromatic heterocycles. The van der Waals surface area contributed by atoms with E-state index in [1.54, 1.807) is 20.3 Å². The van der Waals surface area contributed by atoms with Crippen molar-refractivity contribution in [2.24, 2.45) is 5.92 Å². The van der Waals surface area contributed by atoms with Gasteiger partial charge in [0.15, 0.2) is 11.5 Å². The number of methoxy groups -OCH3 is 2. The molecule has 0 unspecified atom stereocenters. The second-order valence-corrected chi connectivity index (χ2v) is 11.0. The van der Waals surface area contributed by atoms with Crippen LogP contribution in [0.4, 0.5) is 5.69 Å². The zero-order valence-electron chi connectivity index (χ0n) is 23.6. The Bertz CT molecular complexity index is 1280. The van der Waals surface area contributed by atoms with Crippen molar-refractivity contribution in [2.75, 3.05) is 46.2 Å². The number of nitrogen functional groups attached to an aromatic ring is 1. The molecule has 2 aliphatic rings. The molecule has 6 nitrogen and oxygen atoms in total. The Balaban J connectivity index is 1.38. The molecule has 3 N–H and O–H groups in total. The summed E-state index contributed by atoms with van der Waals surface area (Å²) in [6, 6.07) is 14.0. The molecule has 1 heterocycles. The Labute approximate surface area is 232 Å². The van der Waals surface area contributed by atoms with Crippen LogP contribution in [0.1, 0.15) is 54.9 Å². The Morgan fingerprint density at radius 1 is 0.974 bits per heavy atom. The summed E-state index contributed by atoms with van der Waals surface area (Å²) < 4.78 is 17.6. The summed E-state index contributed by atoms with van der Waals surface area (Å²) in [7, 11) is 3.28. The molecule has 3 aromatic carbocycles. The van der Waals surface area contributed by atoms with Crippen molar-refractivity contribution in [1.82, 2.24) is 4.90 Å². The Morgan fingerprint density at radius 3 is 2.44 bits per heavy atom. The molecule has 208 valence electrons. The normalized spacial score (nSPS) is 16.1. The van der Waals surface area contributed by atoms with Crippen molar-refractivity contribution in [3.05, 3.63) is 64.7 Å². The van der Waals surface area contributed by atoms with Crippen molar-refractivity contribution in [3.8, 4) is 34.1 Å². The van der Waals surface area contributed by atoms with E-state index in [2.05, 4.69) is 24.0 Å². The minimum absolute atomic E-state index is 0.251. The fourth-order valence-electron chi connectivity index (χ4n) is 6.07. The van der Waals surface area contributed by atoms with Gasteiger partial charge in [0.2, 0.25) is 0 Å². The van der Waals surface area contributed by atoms with Crippen LogP contribution >= 0.6 is 0 Å². The van der Waals surface area contributed by atoms with E-state index in [4.69, 9.17) is 19.9 Å². The van der Waals surface area contributed by atoms with E-state index in [1.165, 1.54) is 43.5 Å². The van der Waals surface area contributed by atoms with E-state index in [0.717, 1.165) is 59.7 Å². The number of rotatable bonds is 9. The lowest BCUT2D eigenvalue weighted by Crippen LogP contribution is -2.35. The van der Waals surface area contributed by atoms with Gasteiger partial charge < -0.3 is 25.1 Å². The third-order valence-corrected chi connectivity index (χ3v) is 8.45. The highest BCUT2D eigenvalue weighted by Gasteiger charge is 2.25. The first kappa shape index (κ1) is 27.2. The van der Waals surface area contributed by atoms with Crippen LogP contribution in [0.2, 0.25) is 0 Å². The number of likely N-dealkylation sites (tertiary alicyclic amines) is 1. The first-order chi connectivity index (χ1) is 19.0. The summed E-state index contributed by atoms with van der Waals surface area (Å²) >= 11 is 0. The molecule has 1 aliphatic heterocycles. The third-order valence-electron chi connectivity index (χ3n) is 8.45. The molecule has 3 aromatic rings. The van der Waals surface area contributed by atoms with Crippen LogP contribution in [0, 0.1) is 5.92 Å². The number of piperidine rings is 1. The largest absolute Gasteiger partial charge is 0.507 e. The number of anilines is 1. The van der Waals surface area contributed by atoms with Gasteiger partial charge in [0.1, 0.15) is 18.1 Å². The van der Waals surface area contributed by atoms with E-state index >= 15 is 0 Å². The lowest BCUT2D eigenvalue weighted by atomic mass is 9.84. The van der Waals surface area contributed by atoms with Gasteiger partial charge in [-0.05, 0) is 98.5 Å². The van der Waals surface area contributed by atoms with Crippen LogP contribution in [0.3, 0.4) is 0 Å². The number of fused-ring (bicyclic) bond motifs is 1. The second kappa shape index (κ2) is 12.2. The molecule has 0 amide bonds. The average Bonchev–Trinajstić information content (AvgIpc) is 2.96. The van der Waals surface area contributed by atoms with E-state index in [-0.39, 0.29) is 5.75 Å². The molecule has 1 aliphatic carbocycles. The Kier molecular flexibility index (Phi) is 8.51. The van der Waals surface area contributed by atoms with Crippen LogP contribution in [0.15, 0.2) is 42.5 Å². The van der Waals surface area contributed by atoms with Gasteiger partial charge in [0.25, 0.3) is 0 Å². The van der Waals surface area contributed by atoms with Crippen molar-refractivity contribution in [2.45, 2.75) is 51.9 Å². The Morgan fingerprint density at radius 2 is 1.72 bits per heavy atom. The number of hydrogen-bond donors (Lipinski definition) is 2. The molecule has 0 atom stereocenters. The van der Waals surface area contributed by atoms with Crippen LogP contribution in [0.5, 0.6) is 23.0 Å². The summed E-state index contributed by atoms with van der Waals surface area (Å²) in [6.07, 6.45) is 7.35. The number of aryl methyl sites for hydroxylation is 1. The van der Waals surface area contributed by atoms with Crippen molar-refractivity contribution in [1.29, 1.82) is 0 Å². The summed E-state index contributed by atoms with van der Waals surface area (Å²) in [5, 5.41) is 11.0. The maximum Gasteiger partial charge on any atom is 0.166 e.